The third-order valence-electron chi connectivity index (χ3n) is 2.86. The molecule has 2 rings (SSSR count). The van der Waals surface area contributed by atoms with E-state index in [1.807, 2.05) is 18.2 Å². The summed E-state index contributed by atoms with van der Waals surface area (Å²) in [5, 5.41) is 1.63. The SMILES string of the molecule is O=S(=O)(Cl)NN1CCN(Cc2ccccc2)CC1. The standard InChI is InChI=1S/C11H16ClN3O2S/c12-18(16,17)13-15-8-6-14(7-9-15)10-11-4-2-1-3-5-11/h1-5,13H,6-10H2. The zero-order chi connectivity index (χ0) is 13.0. The monoisotopic (exact) mass is 289 g/mol. The summed E-state index contributed by atoms with van der Waals surface area (Å²) in [4.78, 5) is 4.57. The molecule has 7 heteroatoms. The van der Waals surface area contributed by atoms with Crippen LogP contribution in [-0.4, -0.2) is 44.5 Å². The van der Waals surface area contributed by atoms with E-state index in [0.717, 1.165) is 19.6 Å². The molecule has 0 saturated carbocycles. The largest absolute Gasteiger partial charge is 0.310 e. The van der Waals surface area contributed by atoms with Crippen LogP contribution in [0.5, 0.6) is 0 Å². The Morgan fingerprint density at radius 3 is 2.28 bits per heavy atom. The highest BCUT2D eigenvalue weighted by Gasteiger charge is 2.19. The zero-order valence-corrected chi connectivity index (χ0v) is 11.5. The van der Waals surface area contributed by atoms with Gasteiger partial charge < -0.3 is 0 Å². The molecule has 1 heterocycles. The van der Waals surface area contributed by atoms with Crippen LogP contribution >= 0.6 is 10.7 Å². The molecular formula is C11H16ClN3O2S. The van der Waals surface area contributed by atoms with Gasteiger partial charge in [0.05, 0.1) is 0 Å². The van der Waals surface area contributed by atoms with Crippen molar-refractivity contribution in [2.75, 3.05) is 26.2 Å². The summed E-state index contributed by atoms with van der Waals surface area (Å²) in [6, 6.07) is 10.2. The maximum atomic E-state index is 10.9. The molecule has 100 valence electrons. The molecule has 1 saturated heterocycles. The number of nitrogens with one attached hydrogen (secondary N) is 1. The molecule has 0 radical (unpaired) electrons. The lowest BCUT2D eigenvalue weighted by Crippen LogP contribution is -2.52. The van der Waals surface area contributed by atoms with E-state index in [1.54, 1.807) is 5.01 Å². The Morgan fingerprint density at radius 1 is 1.11 bits per heavy atom. The van der Waals surface area contributed by atoms with E-state index in [-0.39, 0.29) is 0 Å². The van der Waals surface area contributed by atoms with Gasteiger partial charge in [-0.2, -0.15) is 8.42 Å². The molecule has 18 heavy (non-hydrogen) atoms. The van der Waals surface area contributed by atoms with Crippen LogP contribution in [0.25, 0.3) is 0 Å². The fourth-order valence-electron chi connectivity index (χ4n) is 1.99. The molecule has 1 aliphatic rings. The molecule has 1 aromatic carbocycles. The first-order valence-corrected chi connectivity index (χ1v) is 8.07. The van der Waals surface area contributed by atoms with Gasteiger partial charge in [-0.3, -0.25) is 4.90 Å². The summed E-state index contributed by atoms with van der Waals surface area (Å²) >= 11 is 0. The van der Waals surface area contributed by atoms with Gasteiger partial charge in [0.25, 0.3) is 0 Å². The first kappa shape index (κ1) is 13.8. The predicted octanol–water partition coefficient (Wildman–Crippen LogP) is 0.792. The molecule has 1 aliphatic heterocycles. The molecule has 0 atom stereocenters. The van der Waals surface area contributed by atoms with Gasteiger partial charge >= 0.3 is 9.24 Å². The zero-order valence-electron chi connectivity index (χ0n) is 9.92. The summed E-state index contributed by atoms with van der Waals surface area (Å²) in [5.41, 5.74) is 1.27. The van der Waals surface area contributed by atoms with Crippen molar-refractivity contribution in [3.05, 3.63) is 35.9 Å². The van der Waals surface area contributed by atoms with Crippen molar-refractivity contribution in [1.29, 1.82) is 0 Å². The van der Waals surface area contributed by atoms with Crippen LogP contribution in [0.2, 0.25) is 0 Å². The van der Waals surface area contributed by atoms with Crippen LogP contribution in [0.3, 0.4) is 0 Å². The van der Waals surface area contributed by atoms with Crippen molar-refractivity contribution in [1.82, 2.24) is 14.7 Å². The lowest BCUT2D eigenvalue weighted by atomic mass is 10.2. The number of hydrazine groups is 1. The van der Waals surface area contributed by atoms with Gasteiger partial charge in [0.15, 0.2) is 0 Å². The smallest absolute Gasteiger partial charge is 0.296 e. The molecule has 0 bridgehead atoms. The van der Waals surface area contributed by atoms with E-state index in [9.17, 15) is 8.42 Å². The van der Waals surface area contributed by atoms with E-state index < -0.39 is 9.24 Å². The minimum atomic E-state index is -3.67. The topological polar surface area (TPSA) is 52.7 Å². The molecular weight excluding hydrogens is 274 g/mol. The second-order valence-corrected chi connectivity index (χ2v) is 6.56. The van der Waals surface area contributed by atoms with E-state index in [1.165, 1.54) is 5.56 Å². The van der Waals surface area contributed by atoms with Crippen LogP contribution in [0.15, 0.2) is 30.3 Å². The average Bonchev–Trinajstić information content (AvgIpc) is 2.31. The van der Waals surface area contributed by atoms with Crippen molar-refractivity contribution in [3.63, 3.8) is 0 Å². The molecule has 0 aromatic heterocycles. The minimum Gasteiger partial charge on any atom is -0.296 e. The van der Waals surface area contributed by atoms with Gasteiger partial charge in [-0.15, -0.1) is 4.83 Å². The van der Waals surface area contributed by atoms with Gasteiger partial charge in [-0.25, -0.2) is 5.01 Å². The highest BCUT2D eigenvalue weighted by molar-refractivity contribution is 8.12. The Labute approximate surface area is 112 Å². The van der Waals surface area contributed by atoms with Crippen molar-refractivity contribution < 1.29 is 8.42 Å². The van der Waals surface area contributed by atoms with Crippen LogP contribution in [0.4, 0.5) is 0 Å². The van der Waals surface area contributed by atoms with E-state index in [4.69, 9.17) is 10.7 Å². The van der Waals surface area contributed by atoms with Crippen LogP contribution in [0, 0.1) is 0 Å². The van der Waals surface area contributed by atoms with Gasteiger partial charge in [0.1, 0.15) is 0 Å². The highest BCUT2D eigenvalue weighted by atomic mass is 35.7. The first-order valence-electron chi connectivity index (χ1n) is 5.76. The molecule has 1 fully saturated rings. The van der Waals surface area contributed by atoms with Crippen LogP contribution in [0.1, 0.15) is 5.56 Å². The van der Waals surface area contributed by atoms with Crippen molar-refractivity contribution in [3.8, 4) is 0 Å². The van der Waals surface area contributed by atoms with Crippen molar-refractivity contribution in [2.45, 2.75) is 6.54 Å². The quantitative estimate of drug-likeness (QED) is 0.833. The second-order valence-electron chi connectivity index (χ2n) is 4.28. The Hall–Kier alpha value is -0.660. The summed E-state index contributed by atoms with van der Waals surface area (Å²) in [6.45, 7) is 3.79. The third kappa shape index (κ3) is 4.55. The third-order valence-corrected chi connectivity index (χ3v) is 3.54. The Bertz CT molecular complexity index is 472. The summed E-state index contributed by atoms with van der Waals surface area (Å²) < 4.78 is 21.7. The maximum Gasteiger partial charge on any atom is 0.310 e. The summed E-state index contributed by atoms with van der Waals surface area (Å²) in [7, 11) is 1.47. The Balaban J connectivity index is 1.80. The highest BCUT2D eigenvalue weighted by Crippen LogP contribution is 2.08. The number of hydrogen-bond donors (Lipinski definition) is 1. The lowest BCUT2D eigenvalue weighted by molar-refractivity contribution is 0.111. The normalized spacial score (nSPS) is 18.9. The van der Waals surface area contributed by atoms with Gasteiger partial charge in [-0.05, 0) is 5.56 Å². The molecule has 1 N–H and O–H groups in total. The summed E-state index contributed by atoms with van der Waals surface area (Å²) in [5.74, 6) is 0. The molecule has 5 nitrogen and oxygen atoms in total. The van der Waals surface area contributed by atoms with E-state index >= 15 is 0 Å². The number of hydrogen-bond acceptors (Lipinski definition) is 4. The molecule has 0 aliphatic carbocycles. The van der Waals surface area contributed by atoms with Crippen molar-refractivity contribution >= 4 is 19.9 Å². The fraction of sp³-hybridized carbons (Fsp3) is 0.455. The second kappa shape index (κ2) is 5.99. The predicted molar refractivity (Wildman–Crippen MR) is 71.2 cm³/mol. The first-order chi connectivity index (χ1) is 8.53. The summed E-state index contributed by atoms with van der Waals surface area (Å²) in [6.07, 6.45) is 0. The number of halogens is 1. The number of benzene rings is 1. The van der Waals surface area contributed by atoms with E-state index in [2.05, 4.69) is 21.9 Å². The minimum absolute atomic E-state index is 0.638. The van der Waals surface area contributed by atoms with E-state index in [0.29, 0.717) is 13.1 Å². The Morgan fingerprint density at radius 2 is 1.72 bits per heavy atom. The fourth-order valence-corrected chi connectivity index (χ4v) is 2.78. The van der Waals surface area contributed by atoms with Crippen molar-refractivity contribution in [2.24, 2.45) is 0 Å². The number of rotatable bonds is 4. The molecule has 1 aromatic rings. The molecule has 0 amide bonds. The Kier molecular flexibility index (Phi) is 4.58. The molecule has 0 unspecified atom stereocenters. The lowest BCUT2D eigenvalue weighted by Gasteiger charge is -2.33. The van der Waals surface area contributed by atoms with Gasteiger partial charge in [0, 0.05) is 43.4 Å². The van der Waals surface area contributed by atoms with Crippen LogP contribution in [-0.2, 0) is 15.8 Å². The van der Waals surface area contributed by atoms with Gasteiger partial charge in [0.2, 0.25) is 0 Å². The van der Waals surface area contributed by atoms with Crippen LogP contribution < -0.4 is 4.83 Å². The molecule has 0 spiro atoms. The van der Waals surface area contributed by atoms with Gasteiger partial charge in [-0.1, -0.05) is 30.3 Å². The number of nitrogens with zero attached hydrogens (tertiary/aromatic N) is 2. The average molecular weight is 290 g/mol. The maximum absolute atomic E-state index is 10.9. The number of piperazine rings is 1.